The summed E-state index contributed by atoms with van der Waals surface area (Å²) in [4.78, 5) is 25.9. The largest absolute Gasteiger partial charge is 0.507 e. The van der Waals surface area contributed by atoms with Gasteiger partial charge >= 0.3 is 0 Å². The molecule has 4 rings (SSSR count). The summed E-state index contributed by atoms with van der Waals surface area (Å²) in [5.74, 6) is -1.88. The normalized spacial score (nSPS) is 13.4. The first-order valence-electron chi connectivity index (χ1n) is 8.53. The van der Waals surface area contributed by atoms with E-state index in [4.69, 9.17) is 0 Å². The molecule has 0 atom stereocenters. The Kier molecular flexibility index (Phi) is 4.09. The minimum atomic E-state index is -0.771. The monoisotopic (exact) mass is 356 g/mol. The highest BCUT2D eigenvalue weighted by molar-refractivity contribution is 6.19. The van der Waals surface area contributed by atoms with E-state index in [1.807, 2.05) is 30.3 Å². The van der Waals surface area contributed by atoms with Crippen LogP contribution >= 0.6 is 0 Å². The van der Waals surface area contributed by atoms with Gasteiger partial charge in [-0.15, -0.1) is 0 Å². The average Bonchev–Trinajstić information content (AvgIpc) is 2.67. The molecule has 0 unspecified atom stereocenters. The molecule has 132 valence electrons. The molecule has 27 heavy (non-hydrogen) atoms. The van der Waals surface area contributed by atoms with E-state index in [2.05, 4.69) is 0 Å². The van der Waals surface area contributed by atoms with Gasteiger partial charge in [-0.05, 0) is 34.9 Å². The maximum absolute atomic E-state index is 13.1. The van der Waals surface area contributed by atoms with Gasteiger partial charge in [0.05, 0.1) is 17.0 Å². The van der Waals surface area contributed by atoms with Crippen molar-refractivity contribution < 1.29 is 19.8 Å². The summed E-state index contributed by atoms with van der Waals surface area (Å²) in [7, 11) is 0. The molecule has 0 aromatic heterocycles. The number of carbonyl (C=O) groups excluding carboxylic acids is 2. The van der Waals surface area contributed by atoms with E-state index >= 15 is 0 Å². The fourth-order valence-electron chi connectivity index (χ4n) is 3.53. The van der Waals surface area contributed by atoms with Gasteiger partial charge in [0, 0.05) is 0 Å². The lowest BCUT2D eigenvalue weighted by Gasteiger charge is -2.26. The van der Waals surface area contributed by atoms with Crippen LogP contribution in [0.15, 0.2) is 72.8 Å². The third kappa shape index (κ3) is 2.81. The molecule has 4 heteroatoms. The molecule has 0 radical (unpaired) electrons. The predicted molar refractivity (Wildman–Crippen MR) is 102 cm³/mol. The summed E-state index contributed by atoms with van der Waals surface area (Å²) < 4.78 is 0. The first kappa shape index (κ1) is 16.8. The molecule has 0 spiro atoms. The summed E-state index contributed by atoms with van der Waals surface area (Å²) in [6.07, 6.45) is 3.18. The molecule has 3 aromatic carbocycles. The van der Waals surface area contributed by atoms with Gasteiger partial charge in [-0.25, -0.2) is 0 Å². The third-order valence-electron chi connectivity index (χ3n) is 4.75. The highest BCUT2D eigenvalue weighted by atomic mass is 16.3. The number of aromatic hydroxyl groups is 2. The van der Waals surface area contributed by atoms with Crippen LogP contribution in [0.5, 0.6) is 11.5 Å². The second-order valence-electron chi connectivity index (χ2n) is 6.39. The highest BCUT2D eigenvalue weighted by Crippen LogP contribution is 2.43. The number of carbonyl (C=O) groups is 2. The van der Waals surface area contributed by atoms with E-state index in [1.165, 1.54) is 18.2 Å². The summed E-state index contributed by atoms with van der Waals surface area (Å²) in [5, 5.41) is 20.4. The van der Waals surface area contributed by atoms with Crippen LogP contribution < -0.4 is 0 Å². The van der Waals surface area contributed by atoms with Crippen molar-refractivity contribution in [3.05, 3.63) is 101 Å². The van der Waals surface area contributed by atoms with Gasteiger partial charge in [0.15, 0.2) is 5.78 Å². The fourth-order valence-corrected chi connectivity index (χ4v) is 3.53. The van der Waals surface area contributed by atoms with E-state index in [9.17, 15) is 19.8 Å². The van der Waals surface area contributed by atoms with Crippen LogP contribution in [0.4, 0.5) is 0 Å². The van der Waals surface area contributed by atoms with Crippen molar-refractivity contribution in [2.24, 2.45) is 0 Å². The molecule has 0 saturated carbocycles. The highest BCUT2D eigenvalue weighted by Gasteiger charge is 2.37. The molecule has 1 aliphatic rings. The van der Waals surface area contributed by atoms with Crippen molar-refractivity contribution in [2.45, 2.75) is 5.92 Å². The standard InChI is InChI=1S/C23H16O4/c24-17-10-4-8-15-20(19(26)13-12-14-6-2-1-3-7-14)16-9-5-11-18(25)22(16)23(27)21(15)17/h1-13,20,24-25H/b13-12+. The SMILES string of the molecule is O=C1c2c(O)cccc2C(C(=O)/C=C/c2ccccc2)c2cccc(O)c21. The van der Waals surface area contributed by atoms with E-state index in [-0.39, 0.29) is 28.4 Å². The molecule has 0 aliphatic heterocycles. The number of fused-ring (bicyclic) bond motifs is 2. The van der Waals surface area contributed by atoms with Gasteiger partial charge in [-0.2, -0.15) is 0 Å². The lowest BCUT2D eigenvalue weighted by atomic mass is 9.74. The lowest BCUT2D eigenvalue weighted by Crippen LogP contribution is -2.24. The number of hydrogen-bond donors (Lipinski definition) is 2. The lowest BCUT2D eigenvalue weighted by molar-refractivity contribution is -0.115. The van der Waals surface area contributed by atoms with Gasteiger partial charge in [-0.3, -0.25) is 9.59 Å². The second-order valence-corrected chi connectivity index (χ2v) is 6.39. The topological polar surface area (TPSA) is 74.6 Å². The smallest absolute Gasteiger partial charge is 0.201 e. The molecule has 0 fully saturated rings. The van der Waals surface area contributed by atoms with E-state index < -0.39 is 11.7 Å². The number of rotatable bonds is 3. The van der Waals surface area contributed by atoms with Crippen LogP contribution in [-0.4, -0.2) is 21.8 Å². The summed E-state index contributed by atoms with van der Waals surface area (Å²) in [6.45, 7) is 0. The molecular weight excluding hydrogens is 340 g/mol. The zero-order valence-electron chi connectivity index (χ0n) is 14.3. The summed E-state index contributed by atoms with van der Waals surface area (Å²) >= 11 is 0. The molecule has 0 saturated heterocycles. The molecule has 0 amide bonds. The molecule has 1 aliphatic carbocycles. The van der Waals surface area contributed by atoms with Crippen LogP contribution in [0.2, 0.25) is 0 Å². The zero-order chi connectivity index (χ0) is 19.0. The van der Waals surface area contributed by atoms with Gasteiger partial charge in [0.2, 0.25) is 5.78 Å². The minimum absolute atomic E-state index is 0.0676. The number of ketones is 2. The van der Waals surface area contributed by atoms with Crippen molar-refractivity contribution in [2.75, 3.05) is 0 Å². The minimum Gasteiger partial charge on any atom is -0.507 e. The van der Waals surface area contributed by atoms with Gasteiger partial charge in [0.25, 0.3) is 0 Å². The van der Waals surface area contributed by atoms with Crippen LogP contribution in [0, 0.1) is 0 Å². The van der Waals surface area contributed by atoms with Crippen molar-refractivity contribution in [1.29, 1.82) is 0 Å². The maximum Gasteiger partial charge on any atom is 0.201 e. The molecular formula is C23H16O4. The van der Waals surface area contributed by atoms with Gasteiger partial charge < -0.3 is 10.2 Å². The van der Waals surface area contributed by atoms with Gasteiger partial charge in [0.1, 0.15) is 11.5 Å². The Morgan fingerprint density at radius 2 is 1.33 bits per heavy atom. The molecule has 3 aromatic rings. The Balaban J connectivity index is 1.86. The third-order valence-corrected chi connectivity index (χ3v) is 4.75. The molecule has 4 nitrogen and oxygen atoms in total. The van der Waals surface area contributed by atoms with E-state index in [0.29, 0.717) is 11.1 Å². The van der Waals surface area contributed by atoms with E-state index in [0.717, 1.165) is 5.56 Å². The van der Waals surface area contributed by atoms with Crippen LogP contribution in [0.25, 0.3) is 6.08 Å². The van der Waals surface area contributed by atoms with Crippen LogP contribution in [0.3, 0.4) is 0 Å². The first-order valence-corrected chi connectivity index (χ1v) is 8.53. The zero-order valence-corrected chi connectivity index (χ0v) is 14.3. The Hall–Kier alpha value is -3.66. The number of allylic oxidation sites excluding steroid dienone is 1. The Morgan fingerprint density at radius 1 is 0.778 bits per heavy atom. The van der Waals surface area contributed by atoms with Crippen molar-refractivity contribution >= 4 is 17.6 Å². The quantitative estimate of drug-likeness (QED) is 0.694. The predicted octanol–water partition coefficient (Wildman–Crippen LogP) is 4.06. The van der Waals surface area contributed by atoms with Crippen LogP contribution in [-0.2, 0) is 4.79 Å². The van der Waals surface area contributed by atoms with Crippen molar-refractivity contribution in [3.63, 3.8) is 0 Å². The molecule has 0 heterocycles. The number of phenolic OH excluding ortho intramolecular Hbond substituents is 2. The van der Waals surface area contributed by atoms with Crippen LogP contribution in [0.1, 0.15) is 38.5 Å². The fraction of sp³-hybridized carbons (Fsp3) is 0.0435. The molecule has 2 N–H and O–H groups in total. The van der Waals surface area contributed by atoms with Crippen molar-refractivity contribution in [3.8, 4) is 11.5 Å². The van der Waals surface area contributed by atoms with E-state index in [1.54, 1.807) is 30.3 Å². The summed E-state index contributed by atoms with van der Waals surface area (Å²) in [5.41, 5.74) is 1.91. The Bertz CT molecular complexity index is 1030. The Morgan fingerprint density at radius 3 is 1.89 bits per heavy atom. The number of hydrogen-bond acceptors (Lipinski definition) is 4. The number of benzene rings is 3. The summed E-state index contributed by atoms with van der Waals surface area (Å²) in [6, 6.07) is 18.8. The first-order chi connectivity index (χ1) is 13.1. The average molecular weight is 356 g/mol. The Labute approximate surface area is 156 Å². The van der Waals surface area contributed by atoms with Crippen molar-refractivity contribution in [1.82, 2.24) is 0 Å². The van der Waals surface area contributed by atoms with Gasteiger partial charge in [-0.1, -0.05) is 60.7 Å². The number of phenols is 2. The molecule has 0 bridgehead atoms. The second kappa shape index (κ2) is 6.57. The maximum atomic E-state index is 13.1.